The molecule has 1 heterocycles. The van der Waals surface area contributed by atoms with Gasteiger partial charge in [-0.25, -0.2) is 8.42 Å². The van der Waals surface area contributed by atoms with Gasteiger partial charge in [-0.1, -0.05) is 23.2 Å². The number of rotatable bonds is 3. The summed E-state index contributed by atoms with van der Waals surface area (Å²) in [6.45, 7) is 0.0747. The Hall–Kier alpha value is -0.930. The molecule has 0 unspecified atom stereocenters. The largest absolute Gasteiger partial charge is 0.392 e. The number of nitro groups is 1. The fraction of sp³-hybridized carbons (Fsp3) is 0.400. The molecule has 20 heavy (non-hydrogen) atoms. The van der Waals surface area contributed by atoms with E-state index in [-0.39, 0.29) is 23.0 Å². The lowest BCUT2D eigenvalue weighted by atomic mass is 10.3. The van der Waals surface area contributed by atoms with E-state index in [2.05, 4.69) is 0 Å². The number of nitro benzene ring substituents is 1. The zero-order chi connectivity index (χ0) is 15.1. The first-order valence-electron chi connectivity index (χ1n) is 5.55. The van der Waals surface area contributed by atoms with Crippen LogP contribution >= 0.6 is 23.2 Å². The maximum Gasteiger partial charge on any atom is 0.307 e. The third-order valence-corrected chi connectivity index (χ3v) is 5.67. The average Bonchev–Trinajstić information content (AvgIpc) is 2.75. The SMILES string of the molecule is O=[N+]([O-])c1c(Cl)ccc(S(=O)(=O)N2CC[C@@H](O)C2)c1Cl. The molecule has 0 radical (unpaired) electrons. The number of nitrogens with zero attached hydrogens (tertiary/aromatic N) is 2. The Kier molecular flexibility index (Phi) is 4.22. The normalized spacial score (nSPS) is 20.2. The van der Waals surface area contributed by atoms with E-state index in [0.717, 1.165) is 16.4 Å². The lowest BCUT2D eigenvalue weighted by Gasteiger charge is -2.16. The van der Waals surface area contributed by atoms with Gasteiger partial charge in [-0.15, -0.1) is 0 Å². The van der Waals surface area contributed by atoms with Crippen LogP contribution in [0.4, 0.5) is 5.69 Å². The molecular weight excluding hydrogens is 331 g/mol. The molecule has 110 valence electrons. The number of β-amino-alcohol motifs (C(OH)–C–C–N with tert-alkyl or cyclic N) is 1. The average molecular weight is 341 g/mol. The first kappa shape index (κ1) is 15.5. The predicted molar refractivity (Wildman–Crippen MR) is 72.5 cm³/mol. The zero-order valence-electron chi connectivity index (χ0n) is 9.99. The van der Waals surface area contributed by atoms with Crippen LogP contribution in [-0.2, 0) is 10.0 Å². The second-order valence-electron chi connectivity index (χ2n) is 4.27. The van der Waals surface area contributed by atoms with Gasteiger partial charge in [0.25, 0.3) is 0 Å². The summed E-state index contributed by atoms with van der Waals surface area (Å²) >= 11 is 11.5. The number of hydrogen-bond acceptors (Lipinski definition) is 5. The highest BCUT2D eigenvalue weighted by molar-refractivity contribution is 7.89. The Morgan fingerprint density at radius 3 is 2.55 bits per heavy atom. The summed E-state index contributed by atoms with van der Waals surface area (Å²) in [6, 6.07) is 2.24. The van der Waals surface area contributed by atoms with Gasteiger partial charge in [-0.2, -0.15) is 4.31 Å². The van der Waals surface area contributed by atoms with Crippen LogP contribution in [0.5, 0.6) is 0 Å². The fourth-order valence-corrected chi connectivity index (χ4v) is 4.31. The molecule has 1 aromatic carbocycles. The molecule has 7 nitrogen and oxygen atoms in total. The number of hydrogen-bond donors (Lipinski definition) is 1. The van der Waals surface area contributed by atoms with Crippen molar-refractivity contribution in [2.45, 2.75) is 17.4 Å². The van der Waals surface area contributed by atoms with Gasteiger partial charge >= 0.3 is 5.69 Å². The fourth-order valence-electron chi connectivity index (χ4n) is 1.96. The standard InChI is InChI=1S/C10H10Cl2N2O5S/c11-7-1-2-8(9(12)10(7)14(16)17)20(18,19)13-4-3-6(15)5-13/h1-2,6,15H,3-5H2/t6-/m1/s1. The van der Waals surface area contributed by atoms with Crippen LogP contribution in [0.1, 0.15) is 6.42 Å². The highest BCUT2D eigenvalue weighted by Gasteiger charge is 2.35. The van der Waals surface area contributed by atoms with Crippen LogP contribution < -0.4 is 0 Å². The second kappa shape index (κ2) is 5.45. The Labute approximate surface area is 124 Å². The van der Waals surface area contributed by atoms with E-state index in [0.29, 0.717) is 6.42 Å². The minimum Gasteiger partial charge on any atom is -0.392 e. The van der Waals surface area contributed by atoms with Gasteiger partial charge in [0.05, 0.1) is 11.0 Å². The summed E-state index contributed by atoms with van der Waals surface area (Å²) in [5, 5.41) is 19.5. The first-order valence-corrected chi connectivity index (χ1v) is 7.75. The van der Waals surface area contributed by atoms with E-state index < -0.39 is 31.8 Å². The first-order chi connectivity index (χ1) is 9.25. The van der Waals surface area contributed by atoms with Crippen molar-refractivity contribution in [2.75, 3.05) is 13.1 Å². The number of halogens is 2. The van der Waals surface area contributed by atoms with Crippen molar-refractivity contribution in [2.24, 2.45) is 0 Å². The van der Waals surface area contributed by atoms with Crippen molar-refractivity contribution in [3.63, 3.8) is 0 Å². The van der Waals surface area contributed by atoms with E-state index in [1.54, 1.807) is 0 Å². The van der Waals surface area contributed by atoms with E-state index in [4.69, 9.17) is 23.2 Å². The molecule has 0 amide bonds. The van der Waals surface area contributed by atoms with Crippen molar-refractivity contribution < 1.29 is 18.4 Å². The lowest BCUT2D eigenvalue weighted by molar-refractivity contribution is -0.384. The highest BCUT2D eigenvalue weighted by Crippen LogP contribution is 2.38. The Balaban J connectivity index is 2.53. The van der Waals surface area contributed by atoms with E-state index in [9.17, 15) is 23.6 Å². The summed E-state index contributed by atoms with van der Waals surface area (Å²) in [6.07, 6.45) is -0.433. The molecule has 1 saturated heterocycles. The van der Waals surface area contributed by atoms with Crippen molar-refractivity contribution in [1.82, 2.24) is 4.31 Å². The third kappa shape index (κ3) is 2.61. The number of sulfonamides is 1. The topological polar surface area (TPSA) is 101 Å². The maximum absolute atomic E-state index is 12.4. The monoisotopic (exact) mass is 340 g/mol. The van der Waals surface area contributed by atoms with Crippen LogP contribution in [0, 0.1) is 10.1 Å². The third-order valence-electron chi connectivity index (χ3n) is 2.96. The summed E-state index contributed by atoms with van der Waals surface area (Å²) in [4.78, 5) is 9.67. The summed E-state index contributed by atoms with van der Waals surface area (Å²) in [5.41, 5.74) is -0.644. The number of benzene rings is 1. The molecule has 0 saturated carbocycles. The molecule has 0 aliphatic carbocycles. The summed E-state index contributed by atoms with van der Waals surface area (Å²) in [5.74, 6) is 0. The predicted octanol–water partition coefficient (Wildman–Crippen LogP) is 1.66. The van der Waals surface area contributed by atoms with Gasteiger partial charge < -0.3 is 5.11 Å². The molecule has 10 heteroatoms. The summed E-state index contributed by atoms with van der Waals surface area (Å²) in [7, 11) is -4.00. The van der Waals surface area contributed by atoms with Crippen molar-refractivity contribution in [3.05, 3.63) is 32.3 Å². The van der Waals surface area contributed by atoms with Crippen LogP contribution in [0.3, 0.4) is 0 Å². The molecule has 1 atom stereocenters. The van der Waals surface area contributed by atoms with Gasteiger partial charge in [-0.3, -0.25) is 10.1 Å². The van der Waals surface area contributed by atoms with Crippen LogP contribution in [0.15, 0.2) is 17.0 Å². The minimum atomic E-state index is -4.00. The Morgan fingerprint density at radius 2 is 2.05 bits per heavy atom. The van der Waals surface area contributed by atoms with E-state index in [1.165, 1.54) is 0 Å². The minimum absolute atomic E-state index is 0.0604. The zero-order valence-corrected chi connectivity index (χ0v) is 12.3. The Bertz CT molecular complexity index is 664. The second-order valence-corrected chi connectivity index (χ2v) is 6.96. The summed E-state index contributed by atoms with van der Waals surface area (Å²) < 4.78 is 25.7. The molecule has 0 spiro atoms. The number of aliphatic hydroxyl groups is 1. The van der Waals surface area contributed by atoms with Gasteiger partial charge in [0.15, 0.2) is 0 Å². The highest BCUT2D eigenvalue weighted by atomic mass is 35.5. The van der Waals surface area contributed by atoms with Crippen LogP contribution in [-0.4, -0.2) is 41.9 Å². The molecule has 2 rings (SSSR count). The van der Waals surface area contributed by atoms with Crippen LogP contribution in [0.25, 0.3) is 0 Å². The van der Waals surface area contributed by atoms with Crippen molar-refractivity contribution in [3.8, 4) is 0 Å². The Morgan fingerprint density at radius 1 is 1.40 bits per heavy atom. The van der Waals surface area contributed by atoms with Crippen LogP contribution in [0.2, 0.25) is 10.0 Å². The van der Waals surface area contributed by atoms with E-state index >= 15 is 0 Å². The van der Waals surface area contributed by atoms with Gasteiger partial charge in [0, 0.05) is 13.1 Å². The van der Waals surface area contributed by atoms with Gasteiger partial charge in [0.1, 0.15) is 14.9 Å². The van der Waals surface area contributed by atoms with E-state index in [1.807, 2.05) is 0 Å². The molecule has 1 aromatic rings. The van der Waals surface area contributed by atoms with Gasteiger partial charge in [-0.05, 0) is 18.6 Å². The van der Waals surface area contributed by atoms with Crippen molar-refractivity contribution >= 4 is 38.9 Å². The quantitative estimate of drug-likeness (QED) is 0.666. The smallest absolute Gasteiger partial charge is 0.307 e. The lowest BCUT2D eigenvalue weighted by Crippen LogP contribution is -2.30. The van der Waals surface area contributed by atoms with Gasteiger partial charge in [0.2, 0.25) is 10.0 Å². The molecular formula is C10H10Cl2N2O5S. The molecule has 0 aromatic heterocycles. The molecule has 1 aliphatic rings. The maximum atomic E-state index is 12.4. The molecule has 0 bridgehead atoms. The molecule has 1 N–H and O–H groups in total. The number of aliphatic hydroxyl groups excluding tert-OH is 1. The molecule has 1 aliphatic heterocycles. The van der Waals surface area contributed by atoms with Crippen molar-refractivity contribution in [1.29, 1.82) is 0 Å². The molecule has 1 fully saturated rings.